The first-order valence-corrected chi connectivity index (χ1v) is 8.38. The number of hydrogen-bond donors (Lipinski definition) is 2. The maximum Gasteiger partial charge on any atom is 0.318 e. The van der Waals surface area contributed by atoms with Crippen LogP contribution in [-0.4, -0.2) is 22.0 Å². The lowest BCUT2D eigenvalue weighted by Crippen LogP contribution is -2.42. The predicted octanol–water partition coefficient (Wildman–Crippen LogP) is 4.20. The highest BCUT2D eigenvalue weighted by molar-refractivity contribution is 5.80. The molecule has 0 radical (unpaired) electrons. The minimum atomic E-state index is -0.0600. The molecule has 24 heavy (non-hydrogen) atoms. The molecule has 1 saturated carbocycles. The van der Waals surface area contributed by atoms with Crippen molar-refractivity contribution in [2.45, 2.75) is 38.4 Å². The van der Waals surface area contributed by atoms with Crippen LogP contribution in [0.15, 0.2) is 53.1 Å². The standard InChI is InChI=1S/C19H21N3O2/c1-13(18-7-4-10-24-18)22(16-8-9-16)19(23)20-12-15-11-14-5-2-3-6-17(14)21-15/h2-7,10-11,13,16,21H,8-9,12H2,1H3,(H,20,23)/t13-/m1/s1. The van der Waals surface area contributed by atoms with E-state index >= 15 is 0 Å². The van der Waals surface area contributed by atoms with Crippen LogP contribution in [0.25, 0.3) is 10.9 Å². The highest BCUT2D eigenvalue weighted by Gasteiger charge is 2.37. The van der Waals surface area contributed by atoms with Crippen LogP contribution in [0.1, 0.15) is 37.3 Å². The number of H-pyrrole nitrogens is 1. The number of aromatic nitrogens is 1. The molecular formula is C19H21N3O2. The van der Waals surface area contributed by atoms with Gasteiger partial charge in [0, 0.05) is 17.3 Å². The van der Waals surface area contributed by atoms with Crippen LogP contribution in [0, 0.1) is 0 Å². The van der Waals surface area contributed by atoms with E-state index in [1.54, 1.807) is 6.26 Å². The number of fused-ring (bicyclic) bond motifs is 1. The summed E-state index contributed by atoms with van der Waals surface area (Å²) < 4.78 is 5.48. The van der Waals surface area contributed by atoms with Gasteiger partial charge in [-0.05, 0) is 49.4 Å². The zero-order valence-electron chi connectivity index (χ0n) is 13.7. The fourth-order valence-corrected chi connectivity index (χ4v) is 3.17. The van der Waals surface area contributed by atoms with Gasteiger partial charge in [-0.15, -0.1) is 0 Å². The van der Waals surface area contributed by atoms with Crippen LogP contribution in [0.4, 0.5) is 4.79 Å². The number of carbonyl (C=O) groups is 1. The molecule has 0 spiro atoms. The summed E-state index contributed by atoms with van der Waals surface area (Å²) in [6.45, 7) is 2.50. The van der Waals surface area contributed by atoms with E-state index in [0.717, 1.165) is 35.2 Å². The molecule has 4 rings (SSSR count). The molecule has 3 aromatic rings. The highest BCUT2D eigenvalue weighted by atomic mass is 16.3. The Morgan fingerprint density at radius 1 is 1.33 bits per heavy atom. The summed E-state index contributed by atoms with van der Waals surface area (Å²) in [4.78, 5) is 18.0. The summed E-state index contributed by atoms with van der Waals surface area (Å²) >= 11 is 0. The quantitative estimate of drug-likeness (QED) is 0.739. The Balaban J connectivity index is 1.45. The lowest BCUT2D eigenvalue weighted by atomic mass is 10.2. The van der Waals surface area contributed by atoms with Gasteiger partial charge in [-0.25, -0.2) is 4.79 Å². The Morgan fingerprint density at radius 3 is 2.88 bits per heavy atom. The molecule has 5 nitrogen and oxygen atoms in total. The molecule has 0 saturated heterocycles. The monoisotopic (exact) mass is 323 g/mol. The topological polar surface area (TPSA) is 61.3 Å². The molecule has 0 aliphatic heterocycles. The average Bonchev–Trinajstić information content (AvgIpc) is 3.13. The molecule has 2 aromatic heterocycles. The van der Waals surface area contributed by atoms with Crippen molar-refractivity contribution in [1.29, 1.82) is 0 Å². The fourth-order valence-electron chi connectivity index (χ4n) is 3.17. The van der Waals surface area contributed by atoms with E-state index < -0.39 is 0 Å². The van der Waals surface area contributed by atoms with Gasteiger partial charge in [0.25, 0.3) is 0 Å². The number of para-hydroxylation sites is 1. The number of benzene rings is 1. The number of amides is 2. The van der Waals surface area contributed by atoms with Gasteiger partial charge in [-0.3, -0.25) is 0 Å². The van der Waals surface area contributed by atoms with Crippen molar-refractivity contribution in [3.63, 3.8) is 0 Å². The fraction of sp³-hybridized carbons (Fsp3) is 0.316. The highest BCUT2D eigenvalue weighted by Crippen LogP contribution is 2.34. The van der Waals surface area contributed by atoms with E-state index in [4.69, 9.17) is 4.42 Å². The van der Waals surface area contributed by atoms with Crippen LogP contribution in [-0.2, 0) is 6.54 Å². The first-order valence-electron chi connectivity index (χ1n) is 8.38. The third-order valence-electron chi connectivity index (χ3n) is 4.56. The van der Waals surface area contributed by atoms with Gasteiger partial charge in [0.05, 0.1) is 18.8 Å². The summed E-state index contributed by atoms with van der Waals surface area (Å²) in [6.07, 6.45) is 3.77. The summed E-state index contributed by atoms with van der Waals surface area (Å²) in [5, 5.41) is 4.20. The molecule has 2 heterocycles. The molecule has 1 aromatic carbocycles. The normalized spacial score (nSPS) is 15.4. The van der Waals surface area contributed by atoms with Crippen molar-refractivity contribution >= 4 is 16.9 Å². The maximum absolute atomic E-state index is 12.7. The van der Waals surface area contributed by atoms with Gasteiger partial charge < -0.3 is 19.6 Å². The summed E-state index contributed by atoms with van der Waals surface area (Å²) in [5.74, 6) is 0.822. The summed E-state index contributed by atoms with van der Waals surface area (Å²) in [7, 11) is 0. The van der Waals surface area contributed by atoms with Gasteiger partial charge in [0.2, 0.25) is 0 Å². The Labute approximate surface area is 140 Å². The number of nitrogens with zero attached hydrogens (tertiary/aromatic N) is 1. The first-order chi connectivity index (χ1) is 11.7. The molecular weight excluding hydrogens is 302 g/mol. The van der Waals surface area contributed by atoms with E-state index in [1.165, 1.54) is 0 Å². The Kier molecular flexibility index (Phi) is 3.76. The molecule has 124 valence electrons. The van der Waals surface area contributed by atoms with E-state index in [9.17, 15) is 4.79 Å². The first kappa shape index (κ1) is 14.9. The van der Waals surface area contributed by atoms with Gasteiger partial charge in [-0.2, -0.15) is 0 Å². The third-order valence-corrected chi connectivity index (χ3v) is 4.56. The Morgan fingerprint density at radius 2 is 2.17 bits per heavy atom. The predicted molar refractivity (Wildman–Crippen MR) is 92.5 cm³/mol. The van der Waals surface area contributed by atoms with Gasteiger partial charge in [0.15, 0.2) is 0 Å². The van der Waals surface area contributed by atoms with Crippen LogP contribution >= 0.6 is 0 Å². The number of urea groups is 1. The number of aromatic amines is 1. The Bertz CT molecular complexity index is 800. The van der Waals surface area contributed by atoms with Crippen molar-refractivity contribution in [3.8, 4) is 0 Å². The van der Waals surface area contributed by atoms with Crippen LogP contribution < -0.4 is 5.32 Å². The minimum absolute atomic E-state index is 0.0416. The third kappa shape index (κ3) is 2.89. The molecule has 0 unspecified atom stereocenters. The molecule has 1 aliphatic carbocycles. The molecule has 2 N–H and O–H groups in total. The number of hydrogen-bond acceptors (Lipinski definition) is 2. The molecule has 2 amide bonds. The lowest BCUT2D eigenvalue weighted by molar-refractivity contribution is 0.166. The second-order valence-electron chi connectivity index (χ2n) is 6.37. The summed E-state index contributed by atoms with van der Waals surface area (Å²) in [6, 6.07) is 14.2. The van der Waals surface area contributed by atoms with E-state index in [0.29, 0.717) is 12.6 Å². The number of furan rings is 1. The zero-order valence-corrected chi connectivity index (χ0v) is 13.7. The molecule has 1 aliphatic rings. The van der Waals surface area contributed by atoms with E-state index in [-0.39, 0.29) is 12.1 Å². The van der Waals surface area contributed by atoms with Crippen LogP contribution in [0.3, 0.4) is 0 Å². The smallest absolute Gasteiger partial charge is 0.318 e. The van der Waals surface area contributed by atoms with Gasteiger partial charge in [0.1, 0.15) is 5.76 Å². The van der Waals surface area contributed by atoms with Gasteiger partial charge >= 0.3 is 6.03 Å². The van der Waals surface area contributed by atoms with Crippen LogP contribution in [0.2, 0.25) is 0 Å². The van der Waals surface area contributed by atoms with Crippen molar-refractivity contribution in [3.05, 3.63) is 60.2 Å². The number of rotatable bonds is 5. The van der Waals surface area contributed by atoms with Crippen molar-refractivity contribution < 1.29 is 9.21 Å². The molecule has 5 heteroatoms. The summed E-state index contributed by atoms with van der Waals surface area (Å²) in [5.41, 5.74) is 2.09. The lowest BCUT2D eigenvalue weighted by Gasteiger charge is -2.28. The molecule has 0 bridgehead atoms. The van der Waals surface area contributed by atoms with Crippen molar-refractivity contribution in [2.75, 3.05) is 0 Å². The Hall–Kier alpha value is -2.69. The van der Waals surface area contributed by atoms with E-state index in [1.807, 2.05) is 42.2 Å². The number of carbonyl (C=O) groups excluding carboxylic acids is 1. The van der Waals surface area contributed by atoms with E-state index in [2.05, 4.69) is 22.4 Å². The zero-order chi connectivity index (χ0) is 16.5. The second-order valence-corrected chi connectivity index (χ2v) is 6.37. The van der Waals surface area contributed by atoms with Gasteiger partial charge in [-0.1, -0.05) is 18.2 Å². The van der Waals surface area contributed by atoms with Crippen LogP contribution in [0.5, 0.6) is 0 Å². The van der Waals surface area contributed by atoms with Crippen molar-refractivity contribution in [1.82, 2.24) is 15.2 Å². The molecule has 1 atom stereocenters. The largest absolute Gasteiger partial charge is 0.467 e. The van der Waals surface area contributed by atoms with Crippen molar-refractivity contribution in [2.24, 2.45) is 0 Å². The molecule has 1 fully saturated rings. The SMILES string of the molecule is C[C@H](c1ccco1)N(C(=O)NCc1cc2ccccc2[nH]1)C1CC1. The maximum atomic E-state index is 12.7. The average molecular weight is 323 g/mol. The number of nitrogens with one attached hydrogen (secondary N) is 2. The second kappa shape index (κ2) is 6.07. The minimum Gasteiger partial charge on any atom is -0.467 e.